The highest BCUT2D eigenvalue weighted by Crippen LogP contribution is 2.26. The summed E-state index contributed by atoms with van der Waals surface area (Å²) in [6, 6.07) is 28.3. The zero-order valence-electron chi connectivity index (χ0n) is 19.1. The molecule has 0 amide bonds. The van der Waals surface area contributed by atoms with Gasteiger partial charge in [-0.25, -0.2) is 0 Å². The van der Waals surface area contributed by atoms with E-state index in [2.05, 4.69) is 107 Å². The van der Waals surface area contributed by atoms with Crippen LogP contribution in [0.2, 0.25) is 0 Å². The maximum atomic E-state index is 5.43. The van der Waals surface area contributed by atoms with Crippen LogP contribution in [-0.4, -0.2) is 14.4 Å². The highest BCUT2D eigenvalue weighted by molar-refractivity contribution is 6.69. The molecule has 31 heavy (non-hydrogen) atoms. The molecule has 4 aromatic carbocycles. The van der Waals surface area contributed by atoms with E-state index in [0.29, 0.717) is 0 Å². The molecule has 0 atom stereocenters. The van der Waals surface area contributed by atoms with E-state index in [1.807, 2.05) is 0 Å². The summed E-state index contributed by atoms with van der Waals surface area (Å²) in [5.74, 6) is 0.932. The van der Waals surface area contributed by atoms with Crippen molar-refractivity contribution in [1.29, 1.82) is 0 Å². The van der Waals surface area contributed by atoms with Crippen LogP contribution in [0.25, 0.3) is 22.3 Å². The zero-order chi connectivity index (χ0) is 22.0. The van der Waals surface area contributed by atoms with Gasteiger partial charge in [-0.2, -0.15) is 0 Å². The largest absolute Gasteiger partial charge is 0.497 e. The van der Waals surface area contributed by atoms with Gasteiger partial charge in [-0.15, -0.1) is 0 Å². The second-order valence-corrected chi connectivity index (χ2v) is 8.45. The average molecular weight is 404 g/mol. The maximum Gasteiger partial charge on any atom is 0.193 e. The van der Waals surface area contributed by atoms with Gasteiger partial charge in [-0.3, -0.25) is 0 Å². The molecule has 4 rings (SSSR count). The first-order valence-corrected chi connectivity index (χ1v) is 10.9. The van der Waals surface area contributed by atoms with E-state index in [1.54, 1.807) is 7.11 Å². The van der Waals surface area contributed by atoms with Gasteiger partial charge in [0.2, 0.25) is 0 Å². The minimum Gasteiger partial charge on any atom is -0.497 e. The first kappa shape index (κ1) is 21.0. The Hall–Kier alpha value is -3.26. The summed E-state index contributed by atoms with van der Waals surface area (Å²) in [4.78, 5) is 0. The smallest absolute Gasteiger partial charge is 0.193 e. The van der Waals surface area contributed by atoms with Crippen LogP contribution in [0.4, 0.5) is 0 Å². The number of hydrogen-bond acceptors (Lipinski definition) is 1. The Kier molecular flexibility index (Phi) is 6.00. The molecule has 154 valence electrons. The summed E-state index contributed by atoms with van der Waals surface area (Å²) in [6.07, 6.45) is 0. The molecule has 1 nitrogen and oxygen atoms in total. The quantitative estimate of drug-likeness (QED) is 0.391. The summed E-state index contributed by atoms with van der Waals surface area (Å²) in [5.41, 5.74) is 13.1. The van der Waals surface area contributed by atoms with Crippen molar-refractivity contribution in [3.8, 4) is 28.0 Å². The van der Waals surface area contributed by atoms with Gasteiger partial charge in [0.25, 0.3) is 0 Å². The fourth-order valence-corrected chi connectivity index (χ4v) is 4.45. The summed E-state index contributed by atoms with van der Waals surface area (Å²) >= 11 is 0. The van der Waals surface area contributed by atoms with Gasteiger partial charge in [0.05, 0.1) is 7.11 Å². The molecule has 2 heteroatoms. The molecule has 0 heterocycles. The first-order valence-electron chi connectivity index (χ1n) is 10.9. The van der Waals surface area contributed by atoms with Gasteiger partial charge >= 0.3 is 0 Å². The summed E-state index contributed by atoms with van der Waals surface area (Å²) in [7, 11) is 2.68. The lowest BCUT2D eigenvalue weighted by molar-refractivity contribution is 0.414. The molecule has 0 radical (unpaired) electrons. The lowest BCUT2D eigenvalue weighted by atomic mass is 9.58. The van der Waals surface area contributed by atoms with Crippen molar-refractivity contribution < 1.29 is 4.74 Å². The topological polar surface area (TPSA) is 9.23 Å². The van der Waals surface area contributed by atoms with Crippen LogP contribution >= 0.6 is 0 Å². The molecular formula is C29H29BO. The Labute approximate surface area is 187 Å². The Morgan fingerprint density at radius 3 is 1.42 bits per heavy atom. The molecule has 0 bridgehead atoms. The number of ether oxygens (including phenoxy) is 1. The highest BCUT2D eigenvalue weighted by atomic mass is 16.5. The van der Waals surface area contributed by atoms with Gasteiger partial charge in [0.15, 0.2) is 7.28 Å². The second kappa shape index (κ2) is 8.85. The summed E-state index contributed by atoms with van der Waals surface area (Å²) in [6.45, 7) is 8.83. The number of methoxy groups -OCH3 is 1. The second-order valence-electron chi connectivity index (χ2n) is 8.45. The Morgan fingerprint density at radius 2 is 0.935 bits per heavy atom. The fraction of sp³-hybridized carbons (Fsp3) is 0.172. The molecule has 0 N–H and O–H groups in total. The Balaban J connectivity index is 1.64. The molecule has 0 saturated carbocycles. The van der Waals surface area contributed by atoms with Crippen molar-refractivity contribution in [3.63, 3.8) is 0 Å². The molecule has 4 aromatic rings. The third-order valence-electron chi connectivity index (χ3n) is 6.28. The number of rotatable bonds is 5. The van der Waals surface area contributed by atoms with Crippen LogP contribution in [0.15, 0.2) is 78.9 Å². The van der Waals surface area contributed by atoms with E-state index in [4.69, 9.17) is 4.74 Å². The fourth-order valence-electron chi connectivity index (χ4n) is 4.45. The third-order valence-corrected chi connectivity index (χ3v) is 6.28. The van der Waals surface area contributed by atoms with Crippen LogP contribution in [0.3, 0.4) is 0 Å². The predicted octanol–water partition coefficient (Wildman–Crippen LogP) is 5.65. The van der Waals surface area contributed by atoms with E-state index in [1.165, 1.54) is 55.4 Å². The van der Waals surface area contributed by atoms with Gasteiger partial charge in [0.1, 0.15) is 5.75 Å². The lowest BCUT2D eigenvalue weighted by Crippen LogP contribution is -2.34. The highest BCUT2D eigenvalue weighted by Gasteiger charge is 2.13. The van der Waals surface area contributed by atoms with Crippen LogP contribution < -0.4 is 15.7 Å². The molecule has 0 saturated heterocycles. The monoisotopic (exact) mass is 404 g/mol. The van der Waals surface area contributed by atoms with Crippen molar-refractivity contribution in [1.82, 2.24) is 0 Å². The molecule has 0 fully saturated rings. The average Bonchev–Trinajstić information content (AvgIpc) is 2.78. The summed E-state index contributed by atoms with van der Waals surface area (Å²) in [5, 5.41) is 0. The molecule has 0 spiro atoms. The minimum absolute atomic E-state index is 0.932. The van der Waals surface area contributed by atoms with Crippen LogP contribution in [0.1, 0.15) is 22.3 Å². The number of hydrogen-bond donors (Lipinski definition) is 0. The molecule has 0 aliphatic rings. The van der Waals surface area contributed by atoms with Gasteiger partial charge in [-0.1, -0.05) is 99.9 Å². The van der Waals surface area contributed by atoms with Gasteiger partial charge in [0, 0.05) is 0 Å². The Morgan fingerprint density at radius 1 is 0.516 bits per heavy atom. The third kappa shape index (κ3) is 4.44. The van der Waals surface area contributed by atoms with Crippen LogP contribution in [0, 0.1) is 27.7 Å². The number of aryl methyl sites for hydroxylation is 4. The molecule has 0 aliphatic heterocycles. The van der Waals surface area contributed by atoms with Crippen molar-refractivity contribution >= 4 is 18.2 Å². The normalized spacial score (nSPS) is 10.7. The van der Waals surface area contributed by atoms with Crippen molar-refractivity contribution in [3.05, 3.63) is 101 Å². The summed E-state index contributed by atoms with van der Waals surface area (Å²) < 4.78 is 5.43. The van der Waals surface area contributed by atoms with Crippen molar-refractivity contribution in [2.45, 2.75) is 27.7 Å². The van der Waals surface area contributed by atoms with E-state index in [0.717, 1.165) is 13.0 Å². The standard InChI is InChI=1S/C29H29BO/c1-19-15-26(25-13-11-24(12-14-25)23-9-7-6-8-10-23)16-20(2)28(19)30-29-21(3)17-27(31-5)18-22(29)4/h6-18,30H,1-5H3. The van der Waals surface area contributed by atoms with Crippen molar-refractivity contribution in [2.24, 2.45) is 0 Å². The molecule has 0 unspecified atom stereocenters. The minimum atomic E-state index is 0.932. The van der Waals surface area contributed by atoms with E-state index >= 15 is 0 Å². The lowest BCUT2D eigenvalue weighted by Gasteiger charge is -2.16. The van der Waals surface area contributed by atoms with Gasteiger partial charge < -0.3 is 4.74 Å². The van der Waals surface area contributed by atoms with E-state index in [9.17, 15) is 0 Å². The van der Waals surface area contributed by atoms with Crippen LogP contribution in [-0.2, 0) is 0 Å². The zero-order valence-corrected chi connectivity index (χ0v) is 19.1. The predicted molar refractivity (Wildman–Crippen MR) is 136 cm³/mol. The van der Waals surface area contributed by atoms with E-state index in [-0.39, 0.29) is 0 Å². The molecule has 0 aromatic heterocycles. The first-order chi connectivity index (χ1) is 15.0. The molecular weight excluding hydrogens is 375 g/mol. The van der Waals surface area contributed by atoms with E-state index < -0.39 is 0 Å². The SMILES string of the molecule is COc1cc(C)c(Bc2c(C)cc(-c3ccc(-c4ccccc4)cc3)cc2C)c(C)c1. The van der Waals surface area contributed by atoms with Crippen LogP contribution in [0.5, 0.6) is 5.75 Å². The maximum absolute atomic E-state index is 5.43. The van der Waals surface area contributed by atoms with Gasteiger partial charge in [-0.05, 0) is 62.1 Å². The van der Waals surface area contributed by atoms with Crippen molar-refractivity contribution in [2.75, 3.05) is 7.11 Å². The number of benzene rings is 4. The molecule has 0 aliphatic carbocycles. The Bertz CT molecular complexity index is 1160.